The van der Waals surface area contributed by atoms with Crippen LogP contribution in [0.3, 0.4) is 0 Å². The van der Waals surface area contributed by atoms with Crippen molar-refractivity contribution in [3.63, 3.8) is 0 Å². The third kappa shape index (κ3) is 3.30. The Hall–Kier alpha value is -0.700. The molecule has 3 N–H and O–H groups in total. The number of aliphatic imine (C=N–C) groups is 1. The Morgan fingerprint density at radius 3 is 2.83 bits per heavy atom. The van der Waals surface area contributed by atoms with Crippen LogP contribution in [0.15, 0.2) is 4.99 Å². The second-order valence-electron chi connectivity index (χ2n) is 0.612. The van der Waals surface area contributed by atoms with Crippen molar-refractivity contribution in [2.75, 3.05) is 6.67 Å². The van der Waals surface area contributed by atoms with Crippen LogP contribution in [-0.4, -0.2) is 12.7 Å². The number of hydrogen-bond acceptors (Lipinski definition) is 4. The second kappa shape index (κ2) is 4.30. The summed E-state index contributed by atoms with van der Waals surface area (Å²) in [6, 6.07) is 0. The lowest BCUT2D eigenvalue weighted by molar-refractivity contribution is 0.561. The van der Waals surface area contributed by atoms with Gasteiger partial charge in [0.15, 0.2) is 0 Å². The summed E-state index contributed by atoms with van der Waals surface area (Å²) >= 11 is 0. The fourth-order valence-electron chi connectivity index (χ4n) is 0.0779. The van der Waals surface area contributed by atoms with Gasteiger partial charge in [-0.2, -0.15) is 4.99 Å². The van der Waals surface area contributed by atoms with Crippen LogP contribution in [0, 0.1) is 0 Å². The zero-order chi connectivity index (χ0) is 4.83. The SMILES string of the molecule is NNCN=C=O. The van der Waals surface area contributed by atoms with Crippen molar-refractivity contribution in [1.29, 1.82) is 0 Å². The maximum atomic E-state index is 9.18. The normalized spacial score (nSPS) is 6.83. The van der Waals surface area contributed by atoms with Crippen molar-refractivity contribution in [3.05, 3.63) is 0 Å². The number of carbonyl (C=O) groups excluding carboxylic acids is 1. The Kier molecular flexibility index (Phi) is 3.80. The molecule has 0 atom stereocenters. The van der Waals surface area contributed by atoms with Gasteiger partial charge in [0, 0.05) is 0 Å². The van der Waals surface area contributed by atoms with Gasteiger partial charge in [-0.05, 0) is 0 Å². The Morgan fingerprint density at radius 1 is 2.00 bits per heavy atom. The minimum Gasteiger partial charge on any atom is -0.270 e. The first-order valence-corrected chi connectivity index (χ1v) is 1.39. The molecule has 0 unspecified atom stereocenters. The van der Waals surface area contributed by atoms with Crippen molar-refractivity contribution in [2.24, 2.45) is 10.8 Å². The number of isocyanates is 1. The fraction of sp³-hybridized carbons (Fsp3) is 0.500. The standard InChI is InChI=1S/C2H5N3O/c3-5-1-4-2-6/h5H,1,3H2. The molecule has 0 aliphatic carbocycles. The summed E-state index contributed by atoms with van der Waals surface area (Å²) in [4.78, 5) is 12.2. The van der Waals surface area contributed by atoms with Crippen LogP contribution in [-0.2, 0) is 4.79 Å². The molecule has 0 aliphatic heterocycles. The highest BCUT2D eigenvalue weighted by molar-refractivity contribution is 5.32. The van der Waals surface area contributed by atoms with Crippen LogP contribution in [0.5, 0.6) is 0 Å². The van der Waals surface area contributed by atoms with E-state index in [4.69, 9.17) is 5.84 Å². The molecule has 0 aliphatic rings. The fourth-order valence-corrected chi connectivity index (χ4v) is 0.0779. The summed E-state index contributed by atoms with van der Waals surface area (Å²) in [5, 5.41) is 0. The molecule has 4 heteroatoms. The highest BCUT2D eigenvalue weighted by Gasteiger charge is 1.61. The molecule has 0 radical (unpaired) electrons. The van der Waals surface area contributed by atoms with Gasteiger partial charge in [0.05, 0.1) is 0 Å². The first-order chi connectivity index (χ1) is 2.91. The van der Waals surface area contributed by atoms with Gasteiger partial charge >= 0.3 is 0 Å². The molecule has 0 rings (SSSR count). The Balaban J connectivity index is 2.86. The predicted molar refractivity (Wildman–Crippen MR) is 20.3 cm³/mol. The number of nitrogens with zero attached hydrogens (tertiary/aromatic N) is 1. The van der Waals surface area contributed by atoms with Crippen molar-refractivity contribution in [1.82, 2.24) is 5.43 Å². The lowest BCUT2D eigenvalue weighted by atomic mass is 11.2. The van der Waals surface area contributed by atoms with Crippen molar-refractivity contribution in [2.45, 2.75) is 0 Å². The number of hydrogen-bond donors (Lipinski definition) is 2. The van der Waals surface area contributed by atoms with Gasteiger partial charge in [0.1, 0.15) is 6.67 Å². The van der Waals surface area contributed by atoms with E-state index < -0.39 is 0 Å². The van der Waals surface area contributed by atoms with Crippen molar-refractivity contribution >= 4 is 6.08 Å². The maximum absolute atomic E-state index is 9.18. The quantitative estimate of drug-likeness (QED) is 0.191. The summed E-state index contributed by atoms with van der Waals surface area (Å²) in [6.45, 7) is 0.142. The summed E-state index contributed by atoms with van der Waals surface area (Å²) in [6.07, 6.45) is 1.30. The van der Waals surface area contributed by atoms with E-state index in [0.29, 0.717) is 0 Å². The van der Waals surface area contributed by atoms with Gasteiger partial charge in [-0.25, -0.2) is 10.2 Å². The molecule has 6 heavy (non-hydrogen) atoms. The van der Waals surface area contributed by atoms with Crippen LogP contribution in [0.25, 0.3) is 0 Å². The van der Waals surface area contributed by atoms with Gasteiger partial charge in [0.25, 0.3) is 0 Å². The van der Waals surface area contributed by atoms with E-state index in [1.54, 1.807) is 0 Å². The van der Waals surface area contributed by atoms with Crippen LogP contribution >= 0.6 is 0 Å². The zero-order valence-corrected chi connectivity index (χ0v) is 3.14. The predicted octanol–water partition coefficient (Wildman–Crippen LogP) is -1.26. The van der Waals surface area contributed by atoms with Crippen LogP contribution in [0.2, 0.25) is 0 Å². The largest absolute Gasteiger partial charge is 0.270 e. The lowest BCUT2D eigenvalue weighted by Gasteiger charge is -1.78. The summed E-state index contributed by atoms with van der Waals surface area (Å²) in [5.74, 6) is 4.69. The molecule has 0 heterocycles. The van der Waals surface area contributed by atoms with E-state index >= 15 is 0 Å². The molecule has 4 nitrogen and oxygen atoms in total. The third-order valence-electron chi connectivity index (χ3n) is 0.235. The second-order valence-corrected chi connectivity index (χ2v) is 0.612. The van der Waals surface area contributed by atoms with E-state index in [9.17, 15) is 4.79 Å². The molecule has 0 aromatic heterocycles. The minimum atomic E-state index is 0.142. The monoisotopic (exact) mass is 87.0 g/mol. The summed E-state index contributed by atoms with van der Waals surface area (Å²) < 4.78 is 0. The number of nitrogens with two attached hydrogens (primary N) is 1. The highest BCUT2D eigenvalue weighted by atomic mass is 16.1. The molecule has 0 saturated carbocycles. The average Bonchev–Trinajstić information content (AvgIpc) is 1.61. The first kappa shape index (κ1) is 5.30. The molecule has 0 fully saturated rings. The Labute approximate surface area is 35.0 Å². The van der Waals surface area contributed by atoms with Crippen molar-refractivity contribution < 1.29 is 4.79 Å². The number of nitrogens with one attached hydrogen (secondary N) is 1. The molecule has 0 saturated heterocycles. The van der Waals surface area contributed by atoms with Crippen LogP contribution < -0.4 is 11.3 Å². The van der Waals surface area contributed by atoms with E-state index in [2.05, 4.69) is 10.4 Å². The van der Waals surface area contributed by atoms with Gasteiger partial charge in [-0.3, -0.25) is 5.84 Å². The van der Waals surface area contributed by atoms with E-state index in [1.807, 2.05) is 0 Å². The lowest BCUT2D eigenvalue weighted by Crippen LogP contribution is -2.21. The van der Waals surface area contributed by atoms with E-state index in [1.165, 1.54) is 6.08 Å². The topological polar surface area (TPSA) is 67.5 Å². The van der Waals surface area contributed by atoms with Gasteiger partial charge in [0.2, 0.25) is 6.08 Å². The smallest absolute Gasteiger partial charge is 0.236 e. The van der Waals surface area contributed by atoms with Crippen LogP contribution in [0.4, 0.5) is 0 Å². The molecular formula is C2H5N3O. The zero-order valence-electron chi connectivity index (χ0n) is 3.14. The third-order valence-corrected chi connectivity index (χ3v) is 0.235. The summed E-state index contributed by atoms with van der Waals surface area (Å²) in [7, 11) is 0. The van der Waals surface area contributed by atoms with E-state index in [0.717, 1.165) is 0 Å². The Bertz CT molecular complexity index is 65.2. The van der Waals surface area contributed by atoms with Crippen LogP contribution in [0.1, 0.15) is 0 Å². The molecule has 34 valence electrons. The molecule has 0 aromatic carbocycles. The average molecular weight is 87.1 g/mol. The first-order valence-electron chi connectivity index (χ1n) is 1.39. The van der Waals surface area contributed by atoms with Gasteiger partial charge in [-0.1, -0.05) is 0 Å². The van der Waals surface area contributed by atoms with Crippen molar-refractivity contribution in [3.8, 4) is 0 Å². The van der Waals surface area contributed by atoms with Gasteiger partial charge < -0.3 is 0 Å². The van der Waals surface area contributed by atoms with E-state index in [-0.39, 0.29) is 6.67 Å². The minimum absolute atomic E-state index is 0.142. The highest BCUT2D eigenvalue weighted by Crippen LogP contribution is 1.46. The summed E-state index contributed by atoms with van der Waals surface area (Å²) in [5.41, 5.74) is 2.14. The molecule has 0 spiro atoms. The molecular weight excluding hydrogens is 82.0 g/mol. The Morgan fingerprint density at radius 2 is 2.67 bits per heavy atom. The molecule has 0 aromatic rings. The van der Waals surface area contributed by atoms with Gasteiger partial charge in [-0.15, -0.1) is 0 Å². The number of rotatable bonds is 2. The molecule has 0 amide bonds. The number of hydrazine groups is 1. The molecule has 0 bridgehead atoms. The maximum Gasteiger partial charge on any atom is 0.236 e.